The first-order chi connectivity index (χ1) is 10.7. The Morgan fingerprint density at radius 2 is 1.77 bits per heavy atom. The molecule has 22 heavy (non-hydrogen) atoms. The zero-order valence-electron chi connectivity index (χ0n) is 12.5. The quantitative estimate of drug-likeness (QED) is 0.859. The molecule has 0 saturated carbocycles. The van der Waals surface area contributed by atoms with Crippen molar-refractivity contribution in [1.29, 1.82) is 5.26 Å². The molecule has 0 aliphatic rings. The molecule has 4 heteroatoms. The summed E-state index contributed by atoms with van der Waals surface area (Å²) in [4.78, 5) is 0. The lowest BCUT2D eigenvalue weighted by Crippen LogP contribution is -2.02. The molecule has 0 radical (unpaired) electrons. The van der Waals surface area contributed by atoms with Crippen LogP contribution in [-0.2, 0) is 0 Å². The van der Waals surface area contributed by atoms with Crippen LogP contribution in [0.3, 0.4) is 0 Å². The molecule has 1 unspecified atom stereocenters. The van der Waals surface area contributed by atoms with Gasteiger partial charge in [-0.2, -0.15) is 5.26 Å². The van der Waals surface area contributed by atoms with Crippen LogP contribution in [0.15, 0.2) is 54.1 Å². The molecule has 4 nitrogen and oxygen atoms in total. The SMILES string of the molecule is COc1ccc(/C=C(/C#N)C(O)c2ccccc2OC)cc1. The Morgan fingerprint density at radius 3 is 2.36 bits per heavy atom. The smallest absolute Gasteiger partial charge is 0.125 e. The van der Waals surface area contributed by atoms with E-state index < -0.39 is 6.10 Å². The van der Waals surface area contributed by atoms with E-state index in [0.717, 1.165) is 11.3 Å². The van der Waals surface area contributed by atoms with Gasteiger partial charge in [0, 0.05) is 5.56 Å². The van der Waals surface area contributed by atoms with Gasteiger partial charge in [-0.1, -0.05) is 30.3 Å². The third-order valence-corrected chi connectivity index (χ3v) is 3.30. The van der Waals surface area contributed by atoms with Crippen LogP contribution < -0.4 is 9.47 Å². The van der Waals surface area contributed by atoms with Gasteiger partial charge in [0.1, 0.15) is 17.6 Å². The van der Waals surface area contributed by atoms with Crippen LogP contribution in [0.2, 0.25) is 0 Å². The first kappa shape index (κ1) is 15.6. The van der Waals surface area contributed by atoms with Crippen molar-refractivity contribution in [2.45, 2.75) is 6.10 Å². The molecule has 0 saturated heterocycles. The van der Waals surface area contributed by atoms with Gasteiger partial charge in [-0.05, 0) is 29.8 Å². The Labute approximate surface area is 129 Å². The van der Waals surface area contributed by atoms with Gasteiger partial charge in [0.15, 0.2) is 0 Å². The van der Waals surface area contributed by atoms with Crippen molar-refractivity contribution in [2.75, 3.05) is 14.2 Å². The van der Waals surface area contributed by atoms with Crippen LogP contribution in [0.4, 0.5) is 0 Å². The highest BCUT2D eigenvalue weighted by molar-refractivity contribution is 5.60. The van der Waals surface area contributed by atoms with Gasteiger partial charge in [0.2, 0.25) is 0 Å². The Bertz CT molecular complexity index is 699. The molecule has 1 atom stereocenters. The summed E-state index contributed by atoms with van der Waals surface area (Å²) in [6.45, 7) is 0. The fraction of sp³-hybridized carbons (Fsp3) is 0.167. The van der Waals surface area contributed by atoms with E-state index in [1.807, 2.05) is 18.2 Å². The number of nitriles is 1. The molecule has 1 N–H and O–H groups in total. The summed E-state index contributed by atoms with van der Waals surface area (Å²) in [7, 11) is 3.13. The molecular weight excluding hydrogens is 278 g/mol. The van der Waals surface area contributed by atoms with Crippen LogP contribution in [0.5, 0.6) is 11.5 Å². The predicted molar refractivity (Wildman–Crippen MR) is 84.5 cm³/mol. The van der Waals surface area contributed by atoms with E-state index in [1.54, 1.807) is 43.5 Å². The largest absolute Gasteiger partial charge is 0.497 e. The van der Waals surface area contributed by atoms with Gasteiger partial charge < -0.3 is 14.6 Å². The second-order valence-corrected chi connectivity index (χ2v) is 4.63. The topological polar surface area (TPSA) is 62.5 Å². The van der Waals surface area contributed by atoms with Crippen molar-refractivity contribution in [3.63, 3.8) is 0 Å². The summed E-state index contributed by atoms with van der Waals surface area (Å²) < 4.78 is 10.3. The number of ether oxygens (including phenoxy) is 2. The van der Waals surface area contributed by atoms with Gasteiger partial charge in [-0.3, -0.25) is 0 Å². The fourth-order valence-corrected chi connectivity index (χ4v) is 2.11. The number of para-hydroxylation sites is 1. The van der Waals surface area contributed by atoms with E-state index in [2.05, 4.69) is 6.07 Å². The predicted octanol–water partition coefficient (Wildman–Crippen LogP) is 3.34. The minimum Gasteiger partial charge on any atom is -0.497 e. The number of aliphatic hydroxyl groups excluding tert-OH is 1. The molecule has 2 aromatic carbocycles. The molecule has 2 aromatic rings. The maximum atomic E-state index is 10.5. The fourth-order valence-electron chi connectivity index (χ4n) is 2.11. The Balaban J connectivity index is 2.34. The summed E-state index contributed by atoms with van der Waals surface area (Å²) in [5.74, 6) is 1.28. The number of hydrogen-bond acceptors (Lipinski definition) is 4. The van der Waals surface area contributed by atoms with Crippen molar-refractivity contribution in [2.24, 2.45) is 0 Å². The molecule has 0 amide bonds. The van der Waals surface area contributed by atoms with Crippen molar-refractivity contribution >= 4 is 6.08 Å². The maximum Gasteiger partial charge on any atom is 0.125 e. The normalized spacial score (nSPS) is 12.4. The molecule has 0 fully saturated rings. The van der Waals surface area contributed by atoms with Crippen molar-refractivity contribution < 1.29 is 14.6 Å². The first-order valence-electron chi connectivity index (χ1n) is 6.76. The molecule has 112 valence electrons. The van der Waals surface area contributed by atoms with Crippen LogP contribution in [0.25, 0.3) is 6.08 Å². The maximum absolute atomic E-state index is 10.5. The highest BCUT2D eigenvalue weighted by atomic mass is 16.5. The average molecular weight is 295 g/mol. The molecule has 0 aromatic heterocycles. The van der Waals surface area contributed by atoms with Crippen LogP contribution >= 0.6 is 0 Å². The van der Waals surface area contributed by atoms with E-state index >= 15 is 0 Å². The second kappa shape index (κ2) is 7.30. The lowest BCUT2D eigenvalue weighted by Gasteiger charge is -2.14. The number of aliphatic hydroxyl groups is 1. The molecule has 0 bridgehead atoms. The average Bonchev–Trinajstić information content (AvgIpc) is 2.59. The third kappa shape index (κ3) is 3.46. The standard InChI is InChI=1S/C18H17NO3/c1-21-15-9-7-13(8-10-15)11-14(12-19)18(20)16-5-3-4-6-17(16)22-2/h3-11,18,20H,1-2H3/b14-11-. The lowest BCUT2D eigenvalue weighted by molar-refractivity contribution is 0.216. The lowest BCUT2D eigenvalue weighted by atomic mass is 9.99. The van der Waals surface area contributed by atoms with E-state index in [1.165, 1.54) is 7.11 Å². The monoisotopic (exact) mass is 295 g/mol. The number of rotatable bonds is 5. The minimum atomic E-state index is -1.04. The molecule has 0 spiro atoms. The Kier molecular flexibility index (Phi) is 5.18. The molecule has 0 aliphatic carbocycles. The first-order valence-corrected chi connectivity index (χ1v) is 6.76. The summed E-state index contributed by atoms with van der Waals surface area (Å²) >= 11 is 0. The summed E-state index contributed by atoms with van der Waals surface area (Å²) in [6.07, 6.45) is 0.611. The van der Waals surface area contributed by atoms with Crippen molar-refractivity contribution in [3.8, 4) is 17.6 Å². The zero-order valence-corrected chi connectivity index (χ0v) is 12.5. The van der Waals surface area contributed by atoms with Crippen LogP contribution in [-0.4, -0.2) is 19.3 Å². The van der Waals surface area contributed by atoms with E-state index in [9.17, 15) is 10.4 Å². The van der Waals surface area contributed by atoms with E-state index in [-0.39, 0.29) is 5.57 Å². The van der Waals surface area contributed by atoms with Gasteiger partial charge in [-0.25, -0.2) is 0 Å². The van der Waals surface area contributed by atoms with E-state index in [0.29, 0.717) is 11.3 Å². The molecule has 2 rings (SSSR count). The van der Waals surface area contributed by atoms with Gasteiger partial charge in [-0.15, -0.1) is 0 Å². The highest BCUT2D eigenvalue weighted by Gasteiger charge is 2.17. The summed E-state index contributed by atoms with van der Waals surface area (Å²) in [5.41, 5.74) is 1.62. The molecule has 0 aliphatic heterocycles. The number of nitrogens with zero attached hydrogens (tertiary/aromatic N) is 1. The summed E-state index contributed by atoms with van der Waals surface area (Å²) in [5, 5.41) is 19.8. The van der Waals surface area contributed by atoms with Crippen LogP contribution in [0, 0.1) is 11.3 Å². The number of benzene rings is 2. The van der Waals surface area contributed by atoms with Gasteiger partial charge >= 0.3 is 0 Å². The van der Waals surface area contributed by atoms with Crippen LogP contribution in [0.1, 0.15) is 17.2 Å². The Morgan fingerprint density at radius 1 is 1.09 bits per heavy atom. The van der Waals surface area contributed by atoms with Gasteiger partial charge in [0.05, 0.1) is 25.9 Å². The second-order valence-electron chi connectivity index (χ2n) is 4.63. The number of hydrogen-bond donors (Lipinski definition) is 1. The van der Waals surface area contributed by atoms with Crippen molar-refractivity contribution in [1.82, 2.24) is 0 Å². The minimum absolute atomic E-state index is 0.245. The third-order valence-electron chi connectivity index (χ3n) is 3.30. The number of methoxy groups -OCH3 is 2. The molecular formula is C18H17NO3. The summed E-state index contributed by atoms with van der Waals surface area (Å²) in [6, 6.07) is 16.4. The van der Waals surface area contributed by atoms with Crippen molar-refractivity contribution in [3.05, 3.63) is 65.2 Å². The van der Waals surface area contributed by atoms with E-state index in [4.69, 9.17) is 9.47 Å². The highest BCUT2D eigenvalue weighted by Crippen LogP contribution is 2.30. The zero-order chi connectivity index (χ0) is 15.9. The van der Waals surface area contributed by atoms with Gasteiger partial charge in [0.25, 0.3) is 0 Å². The Hall–Kier alpha value is -2.77. The molecule has 0 heterocycles.